The standard InChI is InChI=1S/C24H50N2.ClH/c1-7-9-11-13-15-17-21-25(3,4)23-19-20-24-26(5,6)22-18-16-14-12-10-8-2;/h7-18,21-24H2,1-6H3;1H/q+2;/p-1. The smallest absolute Gasteiger partial charge is 0.140 e. The van der Waals surface area contributed by atoms with E-state index in [-0.39, 0.29) is 12.4 Å². The molecular weight excluding hydrogens is 352 g/mol. The average Bonchev–Trinajstić information content (AvgIpc) is 2.58. The van der Waals surface area contributed by atoms with Gasteiger partial charge in [0.25, 0.3) is 0 Å². The van der Waals surface area contributed by atoms with Crippen molar-refractivity contribution in [1.29, 1.82) is 0 Å². The van der Waals surface area contributed by atoms with Gasteiger partial charge >= 0.3 is 0 Å². The lowest BCUT2D eigenvalue weighted by Crippen LogP contribution is -3.00. The van der Waals surface area contributed by atoms with E-state index in [2.05, 4.69) is 53.9 Å². The predicted octanol–water partition coefficient (Wildman–Crippen LogP) is 2.87. The Morgan fingerprint density at radius 1 is 0.481 bits per heavy atom. The second kappa shape index (κ2) is 17.8. The van der Waals surface area contributed by atoms with Gasteiger partial charge in [0.1, 0.15) is 13.1 Å². The zero-order valence-corrected chi connectivity index (χ0v) is 20.3. The minimum Gasteiger partial charge on any atom is -1.00 e. The van der Waals surface area contributed by atoms with Gasteiger partial charge < -0.3 is 21.4 Å². The minimum atomic E-state index is 0. The summed E-state index contributed by atoms with van der Waals surface area (Å²) >= 11 is 0. The molecule has 0 rings (SSSR count). The van der Waals surface area contributed by atoms with Crippen LogP contribution in [0.3, 0.4) is 0 Å². The number of hydrogen-bond donors (Lipinski definition) is 0. The molecule has 0 radical (unpaired) electrons. The monoisotopic (exact) mass is 401 g/mol. The Morgan fingerprint density at radius 2 is 0.778 bits per heavy atom. The average molecular weight is 402 g/mol. The summed E-state index contributed by atoms with van der Waals surface area (Å²) in [5, 5.41) is 0. The fourth-order valence-electron chi connectivity index (χ4n) is 3.34. The quantitative estimate of drug-likeness (QED) is 0.212. The number of halogens is 1. The van der Waals surface area contributed by atoms with Crippen molar-refractivity contribution >= 4 is 0 Å². The molecule has 0 aliphatic carbocycles. The van der Waals surface area contributed by atoms with Gasteiger partial charge in [-0.3, -0.25) is 0 Å². The highest BCUT2D eigenvalue weighted by atomic mass is 35.5. The number of unbranched alkanes of at least 4 members (excludes halogenated alkanes) is 10. The SMILES string of the molecule is CCCCCCCC[N+](C)(C)CC#CC[N+](C)(C)CCCCCCCC.[Cl-]. The van der Waals surface area contributed by atoms with Crippen LogP contribution in [0.4, 0.5) is 0 Å². The molecule has 27 heavy (non-hydrogen) atoms. The summed E-state index contributed by atoms with van der Waals surface area (Å²) in [4.78, 5) is 0. The molecule has 2 nitrogen and oxygen atoms in total. The maximum atomic E-state index is 3.47. The normalized spacial score (nSPS) is 11.6. The third kappa shape index (κ3) is 20.3. The largest absolute Gasteiger partial charge is 1.00 e. The molecule has 0 aromatic carbocycles. The van der Waals surface area contributed by atoms with Crippen LogP contribution >= 0.6 is 0 Å². The molecule has 0 N–H and O–H groups in total. The van der Waals surface area contributed by atoms with Gasteiger partial charge in [-0.1, -0.05) is 65.2 Å². The summed E-state index contributed by atoms with van der Waals surface area (Å²) in [5.41, 5.74) is 0. The molecule has 0 aromatic heterocycles. The fraction of sp³-hybridized carbons (Fsp3) is 0.917. The molecule has 0 aliphatic heterocycles. The van der Waals surface area contributed by atoms with Gasteiger partial charge in [-0.15, -0.1) is 0 Å². The predicted molar refractivity (Wildman–Crippen MR) is 118 cm³/mol. The Kier molecular flexibility index (Phi) is 19.1. The second-order valence-corrected chi connectivity index (χ2v) is 9.52. The first-order chi connectivity index (χ1) is 12.3. The van der Waals surface area contributed by atoms with Crippen molar-refractivity contribution in [3.63, 3.8) is 0 Å². The molecular formula is C24H50ClN2+. The first kappa shape index (κ1) is 29.0. The topological polar surface area (TPSA) is 0 Å². The molecule has 0 saturated carbocycles. The van der Waals surface area contributed by atoms with Crippen LogP contribution < -0.4 is 12.4 Å². The Balaban J connectivity index is 0. The molecule has 3 heteroatoms. The molecule has 0 spiro atoms. The van der Waals surface area contributed by atoms with Crippen LogP contribution in [0.2, 0.25) is 0 Å². The lowest BCUT2D eigenvalue weighted by atomic mass is 10.1. The van der Waals surface area contributed by atoms with Crippen LogP contribution in [0.1, 0.15) is 90.9 Å². The zero-order valence-electron chi connectivity index (χ0n) is 19.6. The summed E-state index contributed by atoms with van der Waals surface area (Å²) < 4.78 is 2.09. The van der Waals surface area contributed by atoms with Gasteiger partial charge in [-0.2, -0.15) is 0 Å². The van der Waals surface area contributed by atoms with Gasteiger partial charge in [0.2, 0.25) is 0 Å². The number of quaternary nitrogens is 2. The fourth-order valence-corrected chi connectivity index (χ4v) is 3.34. The van der Waals surface area contributed by atoms with Crippen LogP contribution in [0.5, 0.6) is 0 Å². The van der Waals surface area contributed by atoms with E-state index >= 15 is 0 Å². The van der Waals surface area contributed by atoms with Gasteiger partial charge in [-0.05, 0) is 37.5 Å². The highest BCUT2D eigenvalue weighted by molar-refractivity contribution is 4.99. The molecule has 0 aliphatic rings. The molecule has 0 unspecified atom stereocenters. The summed E-state index contributed by atoms with van der Waals surface area (Å²) in [6, 6.07) is 0. The number of hydrogen-bond acceptors (Lipinski definition) is 0. The molecule has 0 saturated heterocycles. The third-order valence-electron chi connectivity index (χ3n) is 5.37. The highest BCUT2D eigenvalue weighted by Gasteiger charge is 2.14. The van der Waals surface area contributed by atoms with Crippen LogP contribution in [0.15, 0.2) is 0 Å². The second-order valence-electron chi connectivity index (χ2n) is 9.52. The van der Waals surface area contributed by atoms with Crippen LogP contribution in [-0.2, 0) is 0 Å². The van der Waals surface area contributed by atoms with E-state index in [0.717, 1.165) is 22.1 Å². The Morgan fingerprint density at radius 3 is 1.11 bits per heavy atom. The first-order valence-corrected chi connectivity index (χ1v) is 11.4. The van der Waals surface area contributed by atoms with E-state index in [1.807, 2.05) is 0 Å². The maximum Gasteiger partial charge on any atom is 0.140 e. The third-order valence-corrected chi connectivity index (χ3v) is 5.37. The molecule has 0 aromatic rings. The molecule has 0 bridgehead atoms. The van der Waals surface area contributed by atoms with E-state index in [0.29, 0.717) is 0 Å². The van der Waals surface area contributed by atoms with Crippen LogP contribution in [0.25, 0.3) is 0 Å². The summed E-state index contributed by atoms with van der Waals surface area (Å²) in [5.74, 6) is 6.94. The zero-order chi connectivity index (χ0) is 19.7. The Labute approximate surface area is 178 Å². The molecule has 0 atom stereocenters. The van der Waals surface area contributed by atoms with E-state index < -0.39 is 0 Å². The van der Waals surface area contributed by atoms with Crippen molar-refractivity contribution in [1.82, 2.24) is 0 Å². The lowest BCUT2D eigenvalue weighted by molar-refractivity contribution is -0.885. The molecule has 162 valence electrons. The summed E-state index contributed by atoms with van der Waals surface area (Å²) in [6.45, 7) is 9.07. The van der Waals surface area contributed by atoms with Crippen LogP contribution in [-0.4, -0.2) is 63.3 Å². The highest BCUT2D eigenvalue weighted by Crippen LogP contribution is 2.09. The van der Waals surface area contributed by atoms with E-state index in [1.165, 1.54) is 90.1 Å². The number of rotatable bonds is 16. The van der Waals surface area contributed by atoms with E-state index in [9.17, 15) is 0 Å². The minimum absolute atomic E-state index is 0. The van der Waals surface area contributed by atoms with Crippen molar-refractivity contribution in [2.75, 3.05) is 54.4 Å². The first-order valence-electron chi connectivity index (χ1n) is 11.4. The van der Waals surface area contributed by atoms with Crippen molar-refractivity contribution < 1.29 is 21.4 Å². The van der Waals surface area contributed by atoms with Gasteiger partial charge in [-0.25, -0.2) is 0 Å². The molecule has 0 heterocycles. The Bertz CT molecular complexity index is 346. The maximum absolute atomic E-state index is 3.47. The van der Waals surface area contributed by atoms with Gasteiger partial charge in [0.15, 0.2) is 0 Å². The lowest BCUT2D eigenvalue weighted by Gasteiger charge is -2.28. The van der Waals surface area contributed by atoms with Crippen molar-refractivity contribution in [3.8, 4) is 11.8 Å². The van der Waals surface area contributed by atoms with E-state index in [4.69, 9.17) is 0 Å². The number of nitrogens with zero attached hydrogens (tertiary/aromatic N) is 2. The molecule has 0 fully saturated rings. The van der Waals surface area contributed by atoms with Crippen molar-refractivity contribution in [2.24, 2.45) is 0 Å². The Hall–Kier alpha value is -0.230. The summed E-state index contributed by atoms with van der Waals surface area (Å²) in [7, 11) is 9.32. The van der Waals surface area contributed by atoms with Gasteiger partial charge in [0, 0.05) is 0 Å². The summed E-state index contributed by atoms with van der Waals surface area (Å²) in [6.07, 6.45) is 16.6. The molecule has 0 amide bonds. The van der Waals surface area contributed by atoms with Crippen LogP contribution in [0, 0.1) is 11.8 Å². The van der Waals surface area contributed by atoms with Crippen molar-refractivity contribution in [2.45, 2.75) is 90.9 Å². The van der Waals surface area contributed by atoms with E-state index in [1.54, 1.807) is 0 Å². The van der Waals surface area contributed by atoms with Crippen molar-refractivity contribution in [3.05, 3.63) is 0 Å². The van der Waals surface area contributed by atoms with Gasteiger partial charge in [0.05, 0.1) is 41.3 Å².